The minimum atomic E-state index is -0.0514. The molecule has 3 heterocycles. The van der Waals surface area contributed by atoms with E-state index >= 15 is 0 Å². The van der Waals surface area contributed by atoms with Crippen LogP contribution in [0.4, 0.5) is 5.69 Å². The fraction of sp³-hybridized carbons (Fsp3) is 0.368. The van der Waals surface area contributed by atoms with Crippen LogP contribution in [-0.4, -0.2) is 51.8 Å². The third-order valence-corrected chi connectivity index (χ3v) is 4.83. The van der Waals surface area contributed by atoms with E-state index in [1.807, 2.05) is 18.2 Å². The Morgan fingerprint density at radius 2 is 1.64 bits per heavy atom. The Labute approximate surface area is 146 Å². The largest absolute Gasteiger partial charge is 0.369 e. The second-order valence-electron chi connectivity index (χ2n) is 6.45. The van der Waals surface area contributed by atoms with E-state index in [1.165, 1.54) is 5.69 Å². The van der Waals surface area contributed by atoms with E-state index in [2.05, 4.69) is 45.2 Å². The lowest BCUT2D eigenvalue weighted by Gasteiger charge is -2.36. The van der Waals surface area contributed by atoms with Crippen LogP contribution in [0.25, 0.3) is 5.65 Å². The Morgan fingerprint density at radius 3 is 2.40 bits per heavy atom. The number of aromatic nitrogens is 3. The van der Waals surface area contributed by atoms with Crippen molar-refractivity contribution in [2.45, 2.75) is 13.0 Å². The SMILES string of the molecule is O=c1n(CCCN2CCN(c3ccccc3)CC2)nc2ccccn12. The molecule has 1 fully saturated rings. The predicted molar refractivity (Wildman–Crippen MR) is 99.2 cm³/mol. The molecule has 0 N–H and O–H groups in total. The van der Waals surface area contributed by atoms with Crippen LogP contribution in [0.2, 0.25) is 0 Å². The number of nitrogens with zero attached hydrogens (tertiary/aromatic N) is 5. The zero-order valence-corrected chi connectivity index (χ0v) is 14.3. The number of para-hydroxylation sites is 1. The molecule has 0 radical (unpaired) electrons. The van der Waals surface area contributed by atoms with Gasteiger partial charge in [0.15, 0.2) is 5.65 Å². The molecular weight excluding hydrogens is 314 g/mol. The van der Waals surface area contributed by atoms with E-state index in [9.17, 15) is 4.79 Å². The zero-order chi connectivity index (χ0) is 17.1. The van der Waals surface area contributed by atoms with Crippen LogP contribution in [0, 0.1) is 0 Å². The van der Waals surface area contributed by atoms with Crippen LogP contribution < -0.4 is 10.6 Å². The summed E-state index contributed by atoms with van der Waals surface area (Å²) in [5.41, 5.74) is 1.96. The number of fused-ring (bicyclic) bond motifs is 1. The summed E-state index contributed by atoms with van der Waals surface area (Å²) in [5, 5.41) is 4.39. The molecule has 0 aliphatic carbocycles. The van der Waals surface area contributed by atoms with Gasteiger partial charge in [-0.3, -0.25) is 9.30 Å². The van der Waals surface area contributed by atoms with Gasteiger partial charge in [0.05, 0.1) is 0 Å². The van der Waals surface area contributed by atoms with Gasteiger partial charge >= 0.3 is 5.69 Å². The van der Waals surface area contributed by atoms with E-state index < -0.39 is 0 Å². The molecule has 130 valence electrons. The highest BCUT2D eigenvalue weighted by atomic mass is 16.2. The van der Waals surface area contributed by atoms with Crippen molar-refractivity contribution >= 4 is 11.3 Å². The van der Waals surface area contributed by atoms with E-state index in [0.717, 1.165) is 39.1 Å². The number of rotatable bonds is 5. The van der Waals surface area contributed by atoms with Gasteiger partial charge in [-0.2, -0.15) is 0 Å². The number of hydrogen-bond donors (Lipinski definition) is 0. The van der Waals surface area contributed by atoms with E-state index in [-0.39, 0.29) is 5.69 Å². The van der Waals surface area contributed by atoms with Crippen LogP contribution in [-0.2, 0) is 6.54 Å². The second-order valence-corrected chi connectivity index (χ2v) is 6.45. The van der Waals surface area contributed by atoms with Crippen molar-refractivity contribution in [1.82, 2.24) is 19.1 Å². The molecule has 6 heteroatoms. The molecule has 6 nitrogen and oxygen atoms in total. The first-order valence-corrected chi connectivity index (χ1v) is 8.88. The van der Waals surface area contributed by atoms with Gasteiger partial charge in [-0.15, -0.1) is 5.10 Å². The quantitative estimate of drug-likeness (QED) is 0.711. The van der Waals surface area contributed by atoms with Crippen LogP contribution in [0.1, 0.15) is 6.42 Å². The Balaban J connectivity index is 1.28. The maximum atomic E-state index is 12.3. The highest BCUT2D eigenvalue weighted by Gasteiger charge is 2.16. The molecule has 4 rings (SSSR count). The molecule has 1 aromatic carbocycles. The molecule has 0 saturated carbocycles. The molecular formula is C19H23N5O. The van der Waals surface area contributed by atoms with Crippen molar-refractivity contribution in [2.24, 2.45) is 0 Å². The van der Waals surface area contributed by atoms with Gasteiger partial charge in [0, 0.05) is 51.2 Å². The number of benzene rings is 1. The van der Waals surface area contributed by atoms with Gasteiger partial charge in [-0.1, -0.05) is 24.3 Å². The fourth-order valence-corrected chi connectivity index (χ4v) is 3.43. The van der Waals surface area contributed by atoms with Gasteiger partial charge in [-0.05, 0) is 30.7 Å². The van der Waals surface area contributed by atoms with Gasteiger partial charge in [0.2, 0.25) is 0 Å². The predicted octanol–water partition coefficient (Wildman–Crippen LogP) is 1.71. The van der Waals surface area contributed by atoms with E-state index in [1.54, 1.807) is 15.3 Å². The molecule has 3 aromatic rings. The summed E-state index contributed by atoms with van der Waals surface area (Å²) in [4.78, 5) is 17.2. The summed E-state index contributed by atoms with van der Waals surface area (Å²) in [6.07, 6.45) is 2.71. The summed E-state index contributed by atoms with van der Waals surface area (Å²) in [7, 11) is 0. The maximum Gasteiger partial charge on any atom is 0.350 e. The molecule has 25 heavy (non-hydrogen) atoms. The number of aryl methyl sites for hydroxylation is 1. The second kappa shape index (κ2) is 7.11. The first-order chi connectivity index (χ1) is 12.3. The standard InChI is InChI=1S/C19H23N5O/c25-19-23-11-5-4-9-18(23)20-24(19)12-6-10-21-13-15-22(16-14-21)17-7-2-1-3-8-17/h1-5,7-9,11H,6,10,12-16H2. The first-order valence-electron chi connectivity index (χ1n) is 8.88. The minimum Gasteiger partial charge on any atom is -0.369 e. The highest BCUT2D eigenvalue weighted by Crippen LogP contribution is 2.15. The lowest BCUT2D eigenvalue weighted by molar-refractivity contribution is 0.248. The Bertz CT molecular complexity index is 877. The highest BCUT2D eigenvalue weighted by molar-refractivity contribution is 5.46. The third kappa shape index (κ3) is 3.44. The third-order valence-electron chi connectivity index (χ3n) is 4.83. The average Bonchev–Trinajstić information content (AvgIpc) is 2.99. The molecule has 0 bridgehead atoms. The number of piperazine rings is 1. The van der Waals surface area contributed by atoms with Crippen molar-refractivity contribution in [1.29, 1.82) is 0 Å². The van der Waals surface area contributed by atoms with Gasteiger partial charge in [-0.25, -0.2) is 9.48 Å². The van der Waals surface area contributed by atoms with Crippen molar-refractivity contribution in [3.8, 4) is 0 Å². The minimum absolute atomic E-state index is 0.0514. The monoisotopic (exact) mass is 337 g/mol. The lowest BCUT2D eigenvalue weighted by atomic mass is 10.2. The summed E-state index contributed by atoms with van der Waals surface area (Å²) in [6, 6.07) is 16.2. The van der Waals surface area contributed by atoms with Crippen molar-refractivity contribution in [3.05, 3.63) is 65.2 Å². The molecule has 1 aliphatic rings. The fourth-order valence-electron chi connectivity index (χ4n) is 3.43. The zero-order valence-electron chi connectivity index (χ0n) is 14.3. The lowest BCUT2D eigenvalue weighted by Crippen LogP contribution is -2.46. The molecule has 1 saturated heterocycles. The average molecular weight is 337 g/mol. The Kier molecular flexibility index (Phi) is 4.52. The van der Waals surface area contributed by atoms with Gasteiger partial charge in [0.1, 0.15) is 0 Å². The molecule has 0 atom stereocenters. The van der Waals surface area contributed by atoms with Crippen molar-refractivity contribution in [3.63, 3.8) is 0 Å². The topological polar surface area (TPSA) is 45.8 Å². The summed E-state index contributed by atoms with van der Waals surface area (Å²) >= 11 is 0. The van der Waals surface area contributed by atoms with Crippen molar-refractivity contribution in [2.75, 3.05) is 37.6 Å². The van der Waals surface area contributed by atoms with E-state index in [0.29, 0.717) is 12.2 Å². The van der Waals surface area contributed by atoms with Crippen molar-refractivity contribution < 1.29 is 0 Å². The van der Waals surface area contributed by atoms with Crippen LogP contribution in [0.3, 0.4) is 0 Å². The Hall–Kier alpha value is -2.60. The van der Waals surface area contributed by atoms with Crippen LogP contribution >= 0.6 is 0 Å². The molecule has 0 spiro atoms. The normalized spacial score (nSPS) is 15.8. The maximum absolute atomic E-state index is 12.3. The molecule has 1 aliphatic heterocycles. The molecule has 0 amide bonds. The van der Waals surface area contributed by atoms with Crippen LogP contribution in [0.5, 0.6) is 0 Å². The molecule has 2 aromatic heterocycles. The Morgan fingerprint density at radius 1 is 0.880 bits per heavy atom. The summed E-state index contributed by atoms with van der Waals surface area (Å²) in [6.45, 7) is 5.91. The molecule has 0 unspecified atom stereocenters. The smallest absolute Gasteiger partial charge is 0.350 e. The number of pyridine rings is 1. The summed E-state index contributed by atoms with van der Waals surface area (Å²) < 4.78 is 3.17. The van der Waals surface area contributed by atoms with Gasteiger partial charge in [0.25, 0.3) is 0 Å². The number of anilines is 1. The van der Waals surface area contributed by atoms with Crippen LogP contribution in [0.15, 0.2) is 59.5 Å². The first kappa shape index (κ1) is 15.9. The van der Waals surface area contributed by atoms with Gasteiger partial charge < -0.3 is 4.90 Å². The number of hydrogen-bond acceptors (Lipinski definition) is 4. The van der Waals surface area contributed by atoms with E-state index in [4.69, 9.17) is 0 Å². The summed E-state index contributed by atoms with van der Waals surface area (Å²) in [5.74, 6) is 0.